The summed E-state index contributed by atoms with van der Waals surface area (Å²) in [5.74, 6) is -1.04. The van der Waals surface area contributed by atoms with Crippen molar-refractivity contribution in [1.29, 1.82) is 0 Å². The number of nitrogens with zero attached hydrogens (tertiary/aromatic N) is 5. The van der Waals surface area contributed by atoms with E-state index in [0.717, 1.165) is 22.2 Å². The van der Waals surface area contributed by atoms with Crippen LogP contribution >= 0.6 is 0 Å². The fourth-order valence-corrected chi connectivity index (χ4v) is 3.07. The highest BCUT2D eigenvalue weighted by molar-refractivity contribution is 5.77. The first-order valence-electron chi connectivity index (χ1n) is 9.03. The lowest BCUT2D eigenvalue weighted by Gasteiger charge is -2.29. The van der Waals surface area contributed by atoms with Gasteiger partial charge in [0.05, 0.1) is 12.1 Å². The van der Waals surface area contributed by atoms with Crippen molar-refractivity contribution in [3.8, 4) is 5.82 Å². The molecule has 3 heterocycles. The molecule has 0 saturated carbocycles. The Bertz CT molecular complexity index is 1040. The van der Waals surface area contributed by atoms with E-state index >= 15 is 0 Å². The zero-order valence-electron chi connectivity index (χ0n) is 16.6. The van der Waals surface area contributed by atoms with Gasteiger partial charge in [0, 0.05) is 37.9 Å². The maximum atomic E-state index is 13.5. The maximum absolute atomic E-state index is 13.5. The second-order valence-electron chi connectivity index (χ2n) is 7.04. The van der Waals surface area contributed by atoms with E-state index in [1.54, 1.807) is 16.8 Å². The van der Waals surface area contributed by atoms with Crippen LogP contribution in [0.15, 0.2) is 36.8 Å². The summed E-state index contributed by atoms with van der Waals surface area (Å²) in [6.07, 6.45) is -2.40. The molecule has 8 nitrogen and oxygen atoms in total. The molecule has 1 amide bonds. The highest BCUT2D eigenvalue weighted by atomic mass is 19.4. The normalized spacial score (nSPS) is 13.8. The third-order valence-electron chi connectivity index (χ3n) is 4.60. The lowest BCUT2D eigenvalue weighted by atomic mass is 9.97. The molecule has 2 N–H and O–H groups in total. The molecule has 30 heavy (non-hydrogen) atoms. The molecule has 0 aromatic carbocycles. The Labute approximate surface area is 170 Å². The zero-order valence-corrected chi connectivity index (χ0v) is 16.6. The number of halogens is 3. The number of hydrogen-bond acceptors (Lipinski definition) is 5. The van der Waals surface area contributed by atoms with Crippen LogP contribution < -0.4 is 5.32 Å². The van der Waals surface area contributed by atoms with Crippen LogP contribution in [0.5, 0.6) is 0 Å². The lowest BCUT2D eigenvalue weighted by Crippen LogP contribution is -2.47. The molecule has 0 saturated heterocycles. The summed E-state index contributed by atoms with van der Waals surface area (Å²) in [5.41, 5.74) is -1.06. The van der Waals surface area contributed by atoms with Gasteiger partial charge in [-0.15, -0.1) is 0 Å². The number of carbonyl (C=O) groups excluding carboxylic acids is 1. The molecule has 1 atom stereocenters. The van der Waals surface area contributed by atoms with Crippen molar-refractivity contribution in [2.24, 2.45) is 7.05 Å². The number of amides is 1. The van der Waals surface area contributed by atoms with Gasteiger partial charge >= 0.3 is 6.18 Å². The molecule has 3 aromatic heterocycles. The zero-order chi connectivity index (χ0) is 22.1. The summed E-state index contributed by atoms with van der Waals surface area (Å²) in [5, 5.41) is 17.0. The first-order valence-corrected chi connectivity index (χ1v) is 9.03. The molecule has 3 aromatic rings. The summed E-state index contributed by atoms with van der Waals surface area (Å²) >= 11 is 0. The van der Waals surface area contributed by atoms with Crippen LogP contribution in [0.1, 0.15) is 29.2 Å². The Morgan fingerprint density at radius 2 is 1.97 bits per heavy atom. The van der Waals surface area contributed by atoms with E-state index < -0.39 is 29.9 Å². The monoisotopic (exact) mass is 422 g/mol. The largest absolute Gasteiger partial charge is 0.425 e. The van der Waals surface area contributed by atoms with Crippen LogP contribution in [-0.4, -0.2) is 41.5 Å². The molecule has 11 heteroatoms. The summed E-state index contributed by atoms with van der Waals surface area (Å²) in [6.45, 7) is 3.71. The molecule has 0 spiro atoms. The van der Waals surface area contributed by atoms with E-state index in [9.17, 15) is 23.1 Å². The Balaban J connectivity index is 1.67. The number of nitrogens with one attached hydrogen (secondary N) is 1. The van der Waals surface area contributed by atoms with E-state index in [4.69, 9.17) is 0 Å². The second-order valence-corrected chi connectivity index (χ2v) is 7.04. The quantitative estimate of drug-likeness (QED) is 0.634. The molecule has 0 fully saturated rings. The van der Waals surface area contributed by atoms with E-state index in [2.05, 4.69) is 20.4 Å². The van der Waals surface area contributed by atoms with Crippen molar-refractivity contribution in [2.75, 3.05) is 0 Å². The smallest absolute Gasteiger partial charge is 0.374 e. The minimum absolute atomic E-state index is 0.0439. The second kappa shape index (κ2) is 7.90. The number of alkyl halides is 3. The number of carbonyl (C=O) groups is 1. The molecule has 0 aliphatic heterocycles. The predicted molar refractivity (Wildman–Crippen MR) is 100 cm³/mol. The van der Waals surface area contributed by atoms with Crippen LogP contribution in [0.3, 0.4) is 0 Å². The first-order chi connectivity index (χ1) is 14.0. The number of aliphatic hydroxyl groups is 1. The minimum atomic E-state index is -5.08. The van der Waals surface area contributed by atoms with Crippen molar-refractivity contribution in [3.05, 3.63) is 59.6 Å². The first kappa shape index (κ1) is 21.5. The highest BCUT2D eigenvalue weighted by Crippen LogP contribution is 2.40. The Hall–Kier alpha value is -3.21. The van der Waals surface area contributed by atoms with Gasteiger partial charge in [-0.25, -0.2) is 14.6 Å². The molecule has 1 unspecified atom stereocenters. The summed E-state index contributed by atoms with van der Waals surface area (Å²) in [7, 11) is 1.31. The standard InChI is InChI=1S/C19H21F3N6O2/c1-12-8-13(2)28(26-12)15-5-4-14(10-24-15)11-25-16(29)9-18(30,19(20,21)22)17-23-6-7-27(17)3/h4-8,10,30H,9,11H2,1-3H3,(H,25,29). The van der Waals surface area contributed by atoms with Crippen LogP contribution in [0, 0.1) is 13.8 Å². The fourth-order valence-electron chi connectivity index (χ4n) is 3.07. The predicted octanol–water partition coefficient (Wildman–Crippen LogP) is 2.07. The Kier molecular flexibility index (Phi) is 5.66. The molecule has 0 bridgehead atoms. The van der Waals surface area contributed by atoms with E-state index in [0.29, 0.717) is 11.4 Å². The van der Waals surface area contributed by atoms with Crippen LogP contribution in [0.4, 0.5) is 13.2 Å². The van der Waals surface area contributed by atoms with Crippen molar-refractivity contribution in [1.82, 2.24) is 29.6 Å². The van der Waals surface area contributed by atoms with Crippen molar-refractivity contribution in [2.45, 2.75) is 38.6 Å². The molecule has 3 rings (SSSR count). The van der Waals surface area contributed by atoms with Gasteiger partial charge in [-0.1, -0.05) is 6.07 Å². The van der Waals surface area contributed by atoms with Gasteiger partial charge in [-0.05, 0) is 31.5 Å². The number of aromatic nitrogens is 5. The third-order valence-corrected chi connectivity index (χ3v) is 4.60. The number of pyridine rings is 1. The Morgan fingerprint density at radius 3 is 2.47 bits per heavy atom. The van der Waals surface area contributed by atoms with E-state index in [1.807, 2.05) is 19.9 Å². The van der Waals surface area contributed by atoms with E-state index in [-0.39, 0.29) is 6.54 Å². The summed E-state index contributed by atoms with van der Waals surface area (Å²) in [4.78, 5) is 20.0. The van der Waals surface area contributed by atoms with Crippen molar-refractivity contribution in [3.63, 3.8) is 0 Å². The third kappa shape index (κ3) is 4.20. The van der Waals surface area contributed by atoms with Crippen LogP contribution in [0.2, 0.25) is 0 Å². The van der Waals surface area contributed by atoms with Gasteiger partial charge in [0.25, 0.3) is 0 Å². The molecular weight excluding hydrogens is 401 g/mol. The molecule has 0 radical (unpaired) electrons. The minimum Gasteiger partial charge on any atom is -0.374 e. The van der Waals surface area contributed by atoms with Gasteiger partial charge in [-0.2, -0.15) is 18.3 Å². The number of rotatable bonds is 6. The number of aryl methyl sites for hydroxylation is 3. The lowest BCUT2D eigenvalue weighted by molar-refractivity contribution is -0.271. The number of imidazole rings is 1. The van der Waals surface area contributed by atoms with Crippen LogP contribution in [0.25, 0.3) is 5.82 Å². The Morgan fingerprint density at radius 1 is 1.23 bits per heavy atom. The topological polar surface area (TPSA) is 97.9 Å². The van der Waals surface area contributed by atoms with Gasteiger partial charge in [0.2, 0.25) is 11.5 Å². The van der Waals surface area contributed by atoms with E-state index in [1.165, 1.54) is 19.4 Å². The van der Waals surface area contributed by atoms with Gasteiger partial charge in [0.1, 0.15) is 0 Å². The molecule has 160 valence electrons. The fraction of sp³-hybridized carbons (Fsp3) is 0.368. The van der Waals surface area contributed by atoms with Gasteiger partial charge in [-0.3, -0.25) is 4.79 Å². The SMILES string of the molecule is Cc1cc(C)n(-c2ccc(CNC(=O)CC(O)(c3nccn3C)C(F)(F)F)cn2)n1. The summed E-state index contributed by atoms with van der Waals surface area (Å²) < 4.78 is 43.2. The van der Waals surface area contributed by atoms with Crippen molar-refractivity contribution < 1.29 is 23.1 Å². The number of hydrogen-bond donors (Lipinski definition) is 2. The van der Waals surface area contributed by atoms with Gasteiger partial charge in [0.15, 0.2) is 11.6 Å². The maximum Gasteiger partial charge on any atom is 0.425 e. The molecule has 0 aliphatic rings. The highest BCUT2D eigenvalue weighted by Gasteiger charge is 2.58. The van der Waals surface area contributed by atoms with Crippen LogP contribution in [-0.2, 0) is 24.0 Å². The summed E-state index contributed by atoms with van der Waals surface area (Å²) in [6, 6.07) is 5.29. The average Bonchev–Trinajstić information content (AvgIpc) is 3.24. The molecular formula is C19H21F3N6O2. The van der Waals surface area contributed by atoms with Crippen molar-refractivity contribution >= 4 is 5.91 Å². The van der Waals surface area contributed by atoms with Gasteiger partial charge < -0.3 is 15.0 Å². The molecule has 0 aliphatic carbocycles. The average molecular weight is 422 g/mol.